The summed E-state index contributed by atoms with van der Waals surface area (Å²) < 4.78 is 13.4. The van der Waals surface area contributed by atoms with Gasteiger partial charge in [-0.15, -0.1) is 0 Å². The van der Waals surface area contributed by atoms with Crippen LogP contribution in [0.5, 0.6) is 0 Å². The van der Waals surface area contributed by atoms with Gasteiger partial charge in [0.05, 0.1) is 5.69 Å². The average Bonchev–Trinajstić information content (AvgIpc) is 2.81. The molecule has 150 valence electrons. The van der Waals surface area contributed by atoms with Gasteiger partial charge in [-0.05, 0) is 47.7 Å². The van der Waals surface area contributed by atoms with Gasteiger partial charge in [-0.1, -0.05) is 49.4 Å². The number of rotatable bonds is 7. The largest absolute Gasteiger partial charge is 0.354 e. The van der Waals surface area contributed by atoms with Crippen LogP contribution in [0, 0.1) is 5.82 Å². The number of nitrogens with one attached hydrogen (secondary N) is 1. The molecule has 2 aromatic heterocycles. The number of benzene rings is 2. The summed E-state index contributed by atoms with van der Waals surface area (Å²) in [6.45, 7) is 2.99. The first kappa shape index (κ1) is 19.7. The number of hydrogen-bond acceptors (Lipinski definition) is 4. The Morgan fingerprint density at radius 1 is 0.900 bits per heavy atom. The molecule has 0 bridgehead atoms. The Morgan fingerprint density at radius 3 is 2.37 bits per heavy atom. The second-order valence-corrected chi connectivity index (χ2v) is 7.23. The van der Waals surface area contributed by atoms with Gasteiger partial charge in [0.2, 0.25) is 5.95 Å². The van der Waals surface area contributed by atoms with E-state index in [9.17, 15) is 4.39 Å². The molecule has 0 saturated carbocycles. The molecular formula is C25H23FN4. The van der Waals surface area contributed by atoms with Crippen LogP contribution in [0.15, 0.2) is 85.3 Å². The Labute approximate surface area is 175 Å². The molecule has 0 aliphatic carbocycles. The van der Waals surface area contributed by atoms with Gasteiger partial charge in [0.25, 0.3) is 0 Å². The molecule has 30 heavy (non-hydrogen) atoms. The van der Waals surface area contributed by atoms with E-state index in [1.54, 1.807) is 30.7 Å². The molecule has 2 heterocycles. The molecule has 5 heteroatoms. The molecule has 2 aromatic carbocycles. The molecule has 4 rings (SSSR count). The lowest BCUT2D eigenvalue weighted by atomic mass is 9.98. The van der Waals surface area contributed by atoms with Crippen molar-refractivity contribution in [2.24, 2.45) is 0 Å². The van der Waals surface area contributed by atoms with Crippen molar-refractivity contribution in [1.29, 1.82) is 0 Å². The van der Waals surface area contributed by atoms with Gasteiger partial charge in [0, 0.05) is 36.3 Å². The minimum Gasteiger partial charge on any atom is -0.354 e. The van der Waals surface area contributed by atoms with E-state index in [0.29, 0.717) is 11.9 Å². The fourth-order valence-corrected chi connectivity index (χ4v) is 3.39. The lowest BCUT2D eigenvalue weighted by Crippen LogP contribution is -2.09. The second-order valence-electron chi connectivity index (χ2n) is 7.23. The monoisotopic (exact) mass is 398 g/mol. The zero-order valence-electron chi connectivity index (χ0n) is 16.8. The van der Waals surface area contributed by atoms with Crippen molar-refractivity contribution in [2.45, 2.75) is 19.3 Å². The van der Waals surface area contributed by atoms with Crippen molar-refractivity contribution >= 4 is 5.95 Å². The normalized spacial score (nSPS) is 11.8. The SMILES string of the molecule is CC(CCNc1ncc(-c2ccc(F)cc2)c(-c2ccncc2)n1)c1ccccc1. The topological polar surface area (TPSA) is 50.7 Å². The predicted octanol–water partition coefficient (Wildman–Crippen LogP) is 5.95. The molecule has 1 N–H and O–H groups in total. The quantitative estimate of drug-likeness (QED) is 0.418. The van der Waals surface area contributed by atoms with Crippen LogP contribution in [0.1, 0.15) is 24.8 Å². The summed E-state index contributed by atoms with van der Waals surface area (Å²) in [5, 5.41) is 3.35. The van der Waals surface area contributed by atoms with E-state index < -0.39 is 0 Å². The molecule has 0 amide bonds. The van der Waals surface area contributed by atoms with E-state index in [1.165, 1.54) is 17.7 Å². The van der Waals surface area contributed by atoms with Gasteiger partial charge >= 0.3 is 0 Å². The molecular weight excluding hydrogens is 375 g/mol. The first-order valence-corrected chi connectivity index (χ1v) is 10.0. The maximum Gasteiger partial charge on any atom is 0.223 e. The predicted molar refractivity (Wildman–Crippen MR) is 119 cm³/mol. The molecule has 0 aliphatic rings. The highest BCUT2D eigenvalue weighted by Crippen LogP contribution is 2.30. The van der Waals surface area contributed by atoms with Crippen molar-refractivity contribution in [3.8, 4) is 22.4 Å². The standard InChI is InChI=1S/C25H23FN4/c1-18(19-5-3-2-4-6-19)11-16-28-25-29-17-23(20-7-9-22(26)10-8-20)24(30-25)21-12-14-27-15-13-21/h2-10,12-15,17-18H,11,16H2,1H3,(H,28,29,30). The van der Waals surface area contributed by atoms with Crippen LogP contribution in [-0.4, -0.2) is 21.5 Å². The van der Waals surface area contributed by atoms with Gasteiger partial charge in [0.1, 0.15) is 5.82 Å². The molecule has 1 unspecified atom stereocenters. The number of nitrogens with zero attached hydrogens (tertiary/aromatic N) is 3. The van der Waals surface area contributed by atoms with Crippen LogP contribution >= 0.6 is 0 Å². The maximum absolute atomic E-state index is 13.4. The summed E-state index contributed by atoms with van der Waals surface area (Å²) in [5.41, 5.74) is 4.77. The Bertz CT molecular complexity index is 1080. The highest BCUT2D eigenvalue weighted by Gasteiger charge is 2.12. The molecule has 0 aliphatic heterocycles. The van der Waals surface area contributed by atoms with Crippen molar-refractivity contribution in [2.75, 3.05) is 11.9 Å². The first-order valence-electron chi connectivity index (χ1n) is 10.0. The third-order valence-electron chi connectivity index (χ3n) is 5.13. The fraction of sp³-hybridized carbons (Fsp3) is 0.160. The van der Waals surface area contributed by atoms with E-state index in [4.69, 9.17) is 4.98 Å². The number of hydrogen-bond donors (Lipinski definition) is 1. The van der Waals surface area contributed by atoms with Crippen molar-refractivity contribution in [3.05, 3.63) is 96.7 Å². The lowest BCUT2D eigenvalue weighted by Gasteiger charge is -2.14. The fourth-order valence-electron chi connectivity index (χ4n) is 3.39. The Balaban J connectivity index is 1.55. The highest BCUT2D eigenvalue weighted by atomic mass is 19.1. The first-order chi connectivity index (χ1) is 14.7. The summed E-state index contributed by atoms with van der Waals surface area (Å²) in [4.78, 5) is 13.4. The molecule has 1 atom stereocenters. The van der Waals surface area contributed by atoms with Crippen LogP contribution in [-0.2, 0) is 0 Å². The molecule has 0 saturated heterocycles. The number of aromatic nitrogens is 3. The highest BCUT2D eigenvalue weighted by molar-refractivity contribution is 5.80. The maximum atomic E-state index is 13.4. The van der Waals surface area contributed by atoms with Crippen molar-refractivity contribution in [3.63, 3.8) is 0 Å². The second kappa shape index (κ2) is 9.27. The van der Waals surface area contributed by atoms with Crippen molar-refractivity contribution in [1.82, 2.24) is 15.0 Å². The van der Waals surface area contributed by atoms with E-state index in [1.807, 2.05) is 18.2 Å². The van der Waals surface area contributed by atoms with E-state index in [0.717, 1.165) is 35.3 Å². The summed E-state index contributed by atoms with van der Waals surface area (Å²) in [7, 11) is 0. The van der Waals surface area contributed by atoms with Gasteiger partial charge in [-0.2, -0.15) is 0 Å². The minimum absolute atomic E-state index is 0.268. The zero-order chi connectivity index (χ0) is 20.8. The van der Waals surface area contributed by atoms with E-state index >= 15 is 0 Å². The van der Waals surface area contributed by atoms with Crippen molar-refractivity contribution < 1.29 is 4.39 Å². The number of halogens is 1. The Morgan fingerprint density at radius 2 is 1.63 bits per heavy atom. The summed E-state index contributed by atoms with van der Waals surface area (Å²) in [6.07, 6.45) is 6.23. The Kier molecular flexibility index (Phi) is 6.09. The third kappa shape index (κ3) is 4.69. The van der Waals surface area contributed by atoms with Crippen LogP contribution in [0.3, 0.4) is 0 Å². The summed E-state index contributed by atoms with van der Waals surface area (Å²) in [6, 6.07) is 20.7. The summed E-state index contributed by atoms with van der Waals surface area (Å²) in [5.74, 6) is 0.751. The van der Waals surface area contributed by atoms with Crippen LogP contribution in [0.25, 0.3) is 22.4 Å². The number of anilines is 1. The Hall–Kier alpha value is -3.60. The lowest BCUT2D eigenvalue weighted by molar-refractivity contribution is 0.628. The van der Waals surface area contributed by atoms with Gasteiger partial charge < -0.3 is 5.32 Å². The third-order valence-corrected chi connectivity index (χ3v) is 5.13. The van der Waals surface area contributed by atoms with Gasteiger partial charge in [-0.3, -0.25) is 4.98 Å². The van der Waals surface area contributed by atoms with Crippen LogP contribution < -0.4 is 5.32 Å². The van der Waals surface area contributed by atoms with E-state index in [2.05, 4.69) is 46.5 Å². The molecule has 0 radical (unpaired) electrons. The zero-order valence-corrected chi connectivity index (χ0v) is 16.8. The van der Waals surface area contributed by atoms with E-state index in [-0.39, 0.29) is 5.82 Å². The molecule has 0 fully saturated rings. The van der Waals surface area contributed by atoms with Crippen LogP contribution in [0.2, 0.25) is 0 Å². The average molecular weight is 398 g/mol. The minimum atomic E-state index is -0.268. The van der Waals surface area contributed by atoms with Gasteiger partial charge in [-0.25, -0.2) is 14.4 Å². The summed E-state index contributed by atoms with van der Waals surface area (Å²) >= 11 is 0. The smallest absolute Gasteiger partial charge is 0.223 e. The van der Waals surface area contributed by atoms with Gasteiger partial charge in [0.15, 0.2) is 0 Å². The molecule has 0 spiro atoms. The molecule has 4 nitrogen and oxygen atoms in total. The number of pyridine rings is 1. The van der Waals surface area contributed by atoms with Crippen LogP contribution in [0.4, 0.5) is 10.3 Å². The molecule has 4 aromatic rings.